The first-order chi connectivity index (χ1) is 14.4. The Kier molecular flexibility index (Phi) is 5.16. The quantitative estimate of drug-likeness (QED) is 0.328. The molecule has 1 aromatic heterocycles. The molecular weight excluding hydrogens is 402 g/mol. The number of non-ortho nitro benzene ring substituents is 1. The molecule has 0 aliphatic carbocycles. The van der Waals surface area contributed by atoms with E-state index in [4.69, 9.17) is 11.6 Å². The number of hydrogen-bond donors (Lipinski definition) is 0. The number of aromatic nitrogens is 2. The average Bonchev–Trinajstić information content (AvgIpc) is 2.73. The van der Waals surface area contributed by atoms with Crippen molar-refractivity contribution in [2.75, 3.05) is 0 Å². The van der Waals surface area contributed by atoms with Crippen molar-refractivity contribution in [1.29, 1.82) is 0 Å². The topological polar surface area (TPSA) is 78.0 Å². The normalized spacial score (nSPS) is 11.3. The fraction of sp³-hybridized carbons (Fsp3) is 0.0435. The molecule has 30 heavy (non-hydrogen) atoms. The summed E-state index contributed by atoms with van der Waals surface area (Å²) >= 11 is 6.09. The lowest BCUT2D eigenvalue weighted by Gasteiger charge is -2.14. The summed E-state index contributed by atoms with van der Waals surface area (Å²) in [6.07, 6.45) is 3.49. The SMILES string of the molecule is Cc1cc(Cl)ccc1-n1c(/C=C/c2ccc([N+](=O)[O-])cc2)nc2ccccc2c1=O. The van der Waals surface area contributed by atoms with Gasteiger partial charge in [0.1, 0.15) is 5.82 Å². The van der Waals surface area contributed by atoms with Crippen molar-refractivity contribution in [3.8, 4) is 5.69 Å². The fourth-order valence-electron chi connectivity index (χ4n) is 3.24. The molecule has 0 aliphatic heterocycles. The largest absolute Gasteiger partial charge is 0.269 e. The van der Waals surface area contributed by atoms with Crippen molar-refractivity contribution >= 4 is 40.3 Å². The maximum absolute atomic E-state index is 13.3. The Balaban J connectivity index is 1.89. The van der Waals surface area contributed by atoms with Crippen molar-refractivity contribution in [3.05, 3.63) is 109 Å². The molecule has 0 amide bonds. The van der Waals surface area contributed by atoms with Crippen molar-refractivity contribution in [3.63, 3.8) is 0 Å². The summed E-state index contributed by atoms with van der Waals surface area (Å²) in [6, 6.07) is 18.6. The van der Waals surface area contributed by atoms with E-state index in [9.17, 15) is 14.9 Å². The zero-order chi connectivity index (χ0) is 21.3. The van der Waals surface area contributed by atoms with Gasteiger partial charge in [-0.05, 0) is 66.6 Å². The van der Waals surface area contributed by atoms with Gasteiger partial charge in [0.2, 0.25) is 0 Å². The van der Waals surface area contributed by atoms with E-state index in [-0.39, 0.29) is 11.2 Å². The number of fused-ring (bicyclic) bond motifs is 1. The van der Waals surface area contributed by atoms with Crippen LogP contribution >= 0.6 is 11.6 Å². The number of halogens is 1. The number of hydrogen-bond acceptors (Lipinski definition) is 4. The second kappa shape index (κ2) is 7.93. The molecular formula is C23H16ClN3O3. The second-order valence-electron chi connectivity index (χ2n) is 6.74. The molecule has 4 rings (SSSR count). The van der Waals surface area contributed by atoms with Gasteiger partial charge in [0.15, 0.2) is 0 Å². The van der Waals surface area contributed by atoms with Gasteiger partial charge < -0.3 is 0 Å². The van der Waals surface area contributed by atoms with Crippen molar-refractivity contribution in [2.24, 2.45) is 0 Å². The van der Waals surface area contributed by atoms with Crippen LogP contribution in [0.5, 0.6) is 0 Å². The first kappa shape index (κ1) is 19.5. The van der Waals surface area contributed by atoms with Gasteiger partial charge in [0.25, 0.3) is 11.2 Å². The number of para-hydroxylation sites is 1. The molecule has 0 bridgehead atoms. The molecule has 6 nitrogen and oxygen atoms in total. The molecule has 0 fully saturated rings. The third-order valence-electron chi connectivity index (χ3n) is 4.73. The van der Waals surface area contributed by atoms with E-state index >= 15 is 0 Å². The Morgan fingerprint density at radius 2 is 1.77 bits per heavy atom. The number of nitro groups is 1. The van der Waals surface area contributed by atoms with Gasteiger partial charge in [-0.1, -0.05) is 29.8 Å². The van der Waals surface area contributed by atoms with Crippen LogP contribution in [0.15, 0.2) is 71.5 Å². The van der Waals surface area contributed by atoms with Gasteiger partial charge in [-0.25, -0.2) is 4.98 Å². The van der Waals surface area contributed by atoms with E-state index in [1.807, 2.05) is 13.0 Å². The molecule has 0 radical (unpaired) electrons. The molecule has 148 valence electrons. The molecule has 0 spiro atoms. The van der Waals surface area contributed by atoms with Gasteiger partial charge in [-0.3, -0.25) is 19.5 Å². The maximum Gasteiger partial charge on any atom is 0.269 e. The first-order valence-electron chi connectivity index (χ1n) is 9.15. The number of benzene rings is 3. The van der Waals surface area contributed by atoms with Gasteiger partial charge in [-0.2, -0.15) is 0 Å². The van der Waals surface area contributed by atoms with Crippen LogP contribution < -0.4 is 5.56 Å². The van der Waals surface area contributed by atoms with Crippen molar-refractivity contribution < 1.29 is 4.92 Å². The number of aryl methyl sites for hydroxylation is 1. The molecule has 4 aromatic rings. The zero-order valence-corrected chi connectivity index (χ0v) is 16.7. The van der Waals surface area contributed by atoms with Crippen LogP contribution in [0, 0.1) is 17.0 Å². The van der Waals surface area contributed by atoms with Crippen molar-refractivity contribution in [2.45, 2.75) is 6.92 Å². The van der Waals surface area contributed by atoms with Crippen LogP contribution in [0.25, 0.3) is 28.7 Å². The molecule has 0 N–H and O–H groups in total. The Hall–Kier alpha value is -3.77. The summed E-state index contributed by atoms with van der Waals surface area (Å²) in [5, 5.41) is 11.9. The summed E-state index contributed by atoms with van der Waals surface area (Å²) in [7, 11) is 0. The van der Waals surface area contributed by atoms with E-state index in [0.29, 0.717) is 27.4 Å². The molecule has 1 heterocycles. The summed E-state index contributed by atoms with van der Waals surface area (Å²) in [4.78, 5) is 28.4. The fourth-order valence-corrected chi connectivity index (χ4v) is 3.47. The highest BCUT2D eigenvalue weighted by Gasteiger charge is 2.13. The highest BCUT2D eigenvalue weighted by Crippen LogP contribution is 2.21. The highest BCUT2D eigenvalue weighted by atomic mass is 35.5. The summed E-state index contributed by atoms with van der Waals surface area (Å²) < 4.78 is 1.55. The Morgan fingerprint density at radius 3 is 2.47 bits per heavy atom. The van der Waals surface area contributed by atoms with Gasteiger partial charge in [0.05, 0.1) is 21.5 Å². The van der Waals surface area contributed by atoms with E-state index < -0.39 is 4.92 Å². The van der Waals surface area contributed by atoms with Crippen LogP contribution in [-0.4, -0.2) is 14.5 Å². The lowest BCUT2D eigenvalue weighted by atomic mass is 10.1. The van der Waals surface area contributed by atoms with Crippen LogP contribution in [0.2, 0.25) is 5.02 Å². The third kappa shape index (κ3) is 3.73. The summed E-state index contributed by atoms with van der Waals surface area (Å²) in [5.41, 5.74) is 2.70. The molecule has 7 heteroatoms. The monoisotopic (exact) mass is 417 g/mol. The minimum Gasteiger partial charge on any atom is -0.268 e. The van der Waals surface area contributed by atoms with Gasteiger partial charge >= 0.3 is 0 Å². The maximum atomic E-state index is 13.3. The Bertz CT molecular complexity index is 1360. The molecule has 0 unspecified atom stereocenters. The Labute approximate surface area is 176 Å². The van der Waals surface area contributed by atoms with E-state index in [1.165, 1.54) is 12.1 Å². The molecule has 0 aliphatic rings. The van der Waals surface area contributed by atoms with Crippen LogP contribution in [0.1, 0.15) is 17.0 Å². The van der Waals surface area contributed by atoms with Gasteiger partial charge in [0, 0.05) is 17.2 Å². The van der Waals surface area contributed by atoms with Crippen molar-refractivity contribution in [1.82, 2.24) is 9.55 Å². The van der Waals surface area contributed by atoms with Crippen LogP contribution in [0.4, 0.5) is 5.69 Å². The second-order valence-corrected chi connectivity index (χ2v) is 7.18. The lowest BCUT2D eigenvalue weighted by molar-refractivity contribution is -0.384. The van der Waals surface area contributed by atoms with Crippen LogP contribution in [-0.2, 0) is 0 Å². The average molecular weight is 418 g/mol. The zero-order valence-electron chi connectivity index (χ0n) is 15.9. The lowest BCUT2D eigenvalue weighted by Crippen LogP contribution is -2.23. The standard InChI is InChI=1S/C23H16ClN3O3/c1-15-14-17(24)9-12-21(15)26-22(25-20-5-3-2-4-19(20)23(26)28)13-8-16-6-10-18(11-7-16)27(29)30/h2-14H,1H3/b13-8+. The minimum absolute atomic E-state index is 0.0182. The molecule has 0 saturated carbocycles. The first-order valence-corrected chi connectivity index (χ1v) is 9.53. The highest BCUT2D eigenvalue weighted by molar-refractivity contribution is 6.30. The molecule has 0 atom stereocenters. The van der Waals surface area contributed by atoms with Gasteiger partial charge in [-0.15, -0.1) is 0 Å². The third-order valence-corrected chi connectivity index (χ3v) is 4.97. The number of nitrogens with zero attached hydrogens (tertiary/aromatic N) is 3. The molecule has 0 saturated heterocycles. The smallest absolute Gasteiger partial charge is 0.268 e. The van der Waals surface area contributed by atoms with E-state index in [2.05, 4.69) is 4.98 Å². The number of nitro benzene ring substituents is 1. The predicted molar refractivity (Wildman–Crippen MR) is 119 cm³/mol. The summed E-state index contributed by atoms with van der Waals surface area (Å²) in [6.45, 7) is 1.88. The number of rotatable bonds is 4. The van der Waals surface area contributed by atoms with Crippen LogP contribution in [0.3, 0.4) is 0 Å². The summed E-state index contributed by atoms with van der Waals surface area (Å²) in [5.74, 6) is 0.447. The van der Waals surface area contributed by atoms with E-state index in [0.717, 1.165) is 11.1 Å². The molecule has 3 aromatic carbocycles. The minimum atomic E-state index is -0.445. The Morgan fingerprint density at radius 1 is 1.03 bits per heavy atom. The van der Waals surface area contributed by atoms with E-state index in [1.54, 1.807) is 65.3 Å². The predicted octanol–water partition coefficient (Wildman–Crippen LogP) is 5.43.